The molecule has 0 amide bonds. The van der Waals surface area contributed by atoms with Crippen LogP contribution in [0.25, 0.3) is 0 Å². The van der Waals surface area contributed by atoms with Crippen LogP contribution in [-0.2, 0) is 52.4 Å². The molecule has 0 aromatic heterocycles. The summed E-state index contributed by atoms with van der Waals surface area (Å²) >= 11 is 0. The highest BCUT2D eigenvalue weighted by molar-refractivity contribution is 5.78. The molecule has 32 fully saturated rings. The largest absolute Gasteiger partial charge is 0.459 e. The van der Waals surface area contributed by atoms with E-state index in [1.165, 1.54) is 57.8 Å². The van der Waals surface area contributed by atoms with Gasteiger partial charge in [-0.05, 0) is 390 Å². The Morgan fingerprint density at radius 1 is 0.342 bits per heavy atom. The smallest absolute Gasteiger partial charge is 0.312 e. The molecule has 17 heteroatoms. The van der Waals surface area contributed by atoms with Crippen LogP contribution in [-0.4, -0.2) is 136 Å². The summed E-state index contributed by atoms with van der Waals surface area (Å²) in [5.41, 5.74) is -4.17. The number of ether oxygens (including phenoxy) is 6. The number of esters is 5. The van der Waals surface area contributed by atoms with Crippen molar-refractivity contribution in [1.29, 1.82) is 0 Å². The van der Waals surface area contributed by atoms with E-state index in [0.717, 1.165) is 202 Å². The first-order chi connectivity index (χ1) is 53.7. The standard InChI is InChI=1S/2C20H30O3.C19H32O5.2C19H28O3/c1-4-18(2,3)17(21)23-20-10-12-5-13-15(20)7-11-8-16(20)14(6-12)19(13,22)9-11;1-4-18(2,3)17(21)23-20-8-14-11-5-19(22)6-12(14)16(10-20)13(7-19)15(11)9-20;1-4-17(2,3)16(22)24-19-8-13-5-14(9-19)7-18(6-13,12-19)23-11-15(21)10-20;1-3-10(2)17(20)22-19-9-12-4-13-15(19)6-11-7-16(19)14(5-12)18(13,21)8-11;1-3-10(2)17(20)22-19-7-14-11-4-18(21)5-12(14)16(9-19)13(6-18)15(11)8-19/h2*11-16,22H,4-10H2,1-3H3;13-15,20-21H,4-12H2,1-3H3;2*10-16,21H,3-9H2,1-2H3. The van der Waals surface area contributed by atoms with E-state index in [-0.39, 0.29) is 99.5 Å². The minimum Gasteiger partial charge on any atom is -0.459 e. The molecule has 13 unspecified atom stereocenters. The van der Waals surface area contributed by atoms with E-state index in [2.05, 4.69) is 27.7 Å². The van der Waals surface area contributed by atoms with Crippen LogP contribution in [0.3, 0.4) is 0 Å². The summed E-state index contributed by atoms with van der Waals surface area (Å²) in [5.74, 6) is 15.7. The molecular formula is C97H148O17. The maximum Gasteiger partial charge on any atom is 0.312 e. The molecule has 0 radical (unpaired) electrons. The van der Waals surface area contributed by atoms with Crippen LogP contribution < -0.4 is 0 Å². The van der Waals surface area contributed by atoms with Gasteiger partial charge in [-0.1, -0.05) is 48.5 Å². The SMILES string of the molecule is CCC(C)(C)C(=O)OC12CC3C4CC5(O)CC3C(C1)C(C5)C4C2.CCC(C)(C)C(=O)OC12CC3CC(CC(OCC(O)CO)(C3)C1)C2.CCC(C)(C)C(=O)OC12CC3CC4C1CC1CC2C(C3)C4(O)C1.CCC(C)C(=O)OC12CC3C4CC5(O)CC3C(C1)C(C5)C4C2.CCC(C)C(=O)OC12CC3CC4C1CC1CC2C(C3)C4(O)C1. The summed E-state index contributed by atoms with van der Waals surface area (Å²) in [6.45, 7) is 26.1. The fourth-order valence-electron chi connectivity index (χ4n) is 35.1. The maximum absolute atomic E-state index is 12.9. The van der Waals surface area contributed by atoms with E-state index in [1.54, 1.807) is 0 Å². The highest BCUT2D eigenvalue weighted by Gasteiger charge is 2.80. The van der Waals surface area contributed by atoms with E-state index in [1.807, 2.05) is 62.3 Å². The molecule has 32 aliphatic carbocycles. The van der Waals surface area contributed by atoms with E-state index in [9.17, 15) is 49.5 Å². The first kappa shape index (κ1) is 80.8. The van der Waals surface area contributed by atoms with Crippen LogP contribution in [0, 0.1) is 182 Å². The van der Waals surface area contributed by atoms with Crippen molar-refractivity contribution in [2.24, 2.45) is 182 Å². The number of hydrogen-bond acceptors (Lipinski definition) is 17. The average Bonchev–Trinajstić information content (AvgIpc) is 0.646. The second-order valence-electron chi connectivity index (χ2n) is 48.0. The van der Waals surface area contributed by atoms with Crippen LogP contribution in [0.5, 0.6) is 0 Å². The zero-order chi connectivity index (χ0) is 80.5. The average molecular weight is 1590 g/mol. The molecule has 0 aromatic rings. The minimum absolute atomic E-state index is 0.000451. The number of hydrogen-bond donors (Lipinski definition) is 6. The summed E-state index contributed by atoms with van der Waals surface area (Å²) in [6.07, 6.45) is 35.4. The lowest BCUT2D eigenvalue weighted by atomic mass is 9.32. The van der Waals surface area contributed by atoms with Crippen LogP contribution in [0.4, 0.5) is 0 Å². The van der Waals surface area contributed by atoms with E-state index in [4.69, 9.17) is 33.5 Å². The van der Waals surface area contributed by atoms with Crippen molar-refractivity contribution in [1.82, 2.24) is 0 Å². The Hall–Kier alpha value is -2.93. The van der Waals surface area contributed by atoms with Crippen LogP contribution in [0.1, 0.15) is 315 Å². The number of aliphatic hydroxyl groups is 6. The molecule has 6 N–H and O–H groups in total. The van der Waals surface area contributed by atoms with Crippen LogP contribution in [0.15, 0.2) is 0 Å². The lowest BCUT2D eigenvalue weighted by molar-refractivity contribution is -0.345. The van der Waals surface area contributed by atoms with Gasteiger partial charge < -0.3 is 59.1 Å². The van der Waals surface area contributed by atoms with Gasteiger partial charge in [0, 0.05) is 30.1 Å². The molecule has 13 atom stereocenters. The number of carbonyl (C=O) groups is 5. The first-order valence-corrected chi connectivity index (χ1v) is 47.7. The number of rotatable bonds is 19. The predicted molar refractivity (Wildman–Crippen MR) is 426 cm³/mol. The first-order valence-electron chi connectivity index (χ1n) is 47.7. The van der Waals surface area contributed by atoms with Crippen molar-refractivity contribution in [3.63, 3.8) is 0 Å². The fraction of sp³-hybridized carbons (Fsp3) is 0.948. The van der Waals surface area contributed by atoms with Gasteiger partial charge in [0.05, 0.1) is 69.3 Å². The highest BCUT2D eigenvalue weighted by Crippen LogP contribution is 2.79. The molecule has 32 aliphatic rings. The third-order valence-corrected chi connectivity index (χ3v) is 40.7. The Balaban J connectivity index is 0.0000000955. The zero-order valence-corrected chi connectivity index (χ0v) is 72.1. The van der Waals surface area contributed by atoms with Gasteiger partial charge in [0.1, 0.15) is 34.1 Å². The summed E-state index contributed by atoms with van der Waals surface area (Å²) in [5, 5.41) is 63.2. The zero-order valence-electron chi connectivity index (χ0n) is 72.1. The molecule has 17 nitrogen and oxygen atoms in total. The molecule has 114 heavy (non-hydrogen) atoms. The predicted octanol–water partition coefficient (Wildman–Crippen LogP) is 15.8. The Labute approximate surface area is 681 Å². The Morgan fingerprint density at radius 2 is 0.632 bits per heavy atom. The molecule has 0 saturated heterocycles. The topological polar surface area (TPSA) is 262 Å². The lowest BCUT2D eigenvalue weighted by Crippen LogP contribution is -2.78. The Bertz CT molecular complexity index is 3580. The van der Waals surface area contributed by atoms with Gasteiger partial charge in [0.2, 0.25) is 0 Å². The molecule has 0 aliphatic heterocycles. The van der Waals surface area contributed by atoms with Crippen molar-refractivity contribution >= 4 is 29.8 Å². The third-order valence-electron chi connectivity index (χ3n) is 40.7. The van der Waals surface area contributed by atoms with Crippen LogP contribution in [0.2, 0.25) is 0 Å². The summed E-state index contributed by atoms with van der Waals surface area (Å²) in [6, 6.07) is 0. The summed E-state index contributed by atoms with van der Waals surface area (Å²) in [4.78, 5) is 63.2. The fourth-order valence-corrected chi connectivity index (χ4v) is 35.1. The molecule has 36 bridgehead atoms. The molecule has 0 heterocycles. The second-order valence-corrected chi connectivity index (χ2v) is 48.0. The van der Waals surface area contributed by atoms with Gasteiger partial charge in [-0.2, -0.15) is 0 Å². The molecule has 0 aromatic carbocycles. The van der Waals surface area contributed by atoms with Crippen molar-refractivity contribution in [2.75, 3.05) is 13.2 Å². The Kier molecular flexibility index (Phi) is 19.2. The van der Waals surface area contributed by atoms with Crippen LogP contribution >= 0.6 is 0 Å². The van der Waals surface area contributed by atoms with E-state index < -0.39 is 33.7 Å². The van der Waals surface area contributed by atoms with Crippen molar-refractivity contribution < 1.29 is 83.0 Å². The molecule has 638 valence electrons. The van der Waals surface area contributed by atoms with Crippen molar-refractivity contribution in [3.8, 4) is 0 Å². The summed E-state index contributed by atoms with van der Waals surface area (Å²) in [7, 11) is 0. The molecule has 32 rings (SSSR count). The van der Waals surface area contributed by atoms with Gasteiger partial charge >= 0.3 is 29.8 Å². The van der Waals surface area contributed by atoms with E-state index >= 15 is 0 Å². The van der Waals surface area contributed by atoms with Crippen molar-refractivity contribution in [3.05, 3.63) is 0 Å². The second kappa shape index (κ2) is 27.0. The van der Waals surface area contributed by atoms with Gasteiger partial charge in [0.15, 0.2) is 0 Å². The van der Waals surface area contributed by atoms with Gasteiger partial charge in [-0.25, -0.2) is 0 Å². The molecule has 32 saturated carbocycles. The van der Waals surface area contributed by atoms with Crippen molar-refractivity contribution in [2.45, 2.75) is 377 Å². The highest BCUT2D eigenvalue weighted by atomic mass is 16.6. The molecule has 0 spiro atoms. The minimum atomic E-state index is -0.837. The number of carbonyl (C=O) groups excluding carboxylic acids is 5. The third kappa shape index (κ3) is 12.2. The molecular weight excluding hydrogens is 1440 g/mol. The van der Waals surface area contributed by atoms with Gasteiger partial charge in [-0.3, -0.25) is 24.0 Å². The summed E-state index contributed by atoms with van der Waals surface area (Å²) < 4.78 is 37.4. The number of aliphatic hydroxyl groups excluding tert-OH is 2. The normalized spacial score (nSPS) is 53.0. The van der Waals surface area contributed by atoms with Gasteiger partial charge in [0.25, 0.3) is 0 Å². The quantitative estimate of drug-likeness (QED) is 0.0519. The van der Waals surface area contributed by atoms with Gasteiger partial charge in [-0.15, -0.1) is 0 Å². The monoisotopic (exact) mass is 1590 g/mol. The Morgan fingerprint density at radius 3 is 0.974 bits per heavy atom. The maximum atomic E-state index is 12.9. The lowest BCUT2D eigenvalue weighted by Gasteiger charge is -2.75. The van der Waals surface area contributed by atoms with E-state index in [0.29, 0.717) is 118 Å².